The zero-order chi connectivity index (χ0) is 9.30. The summed E-state index contributed by atoms with van der Waals surface area (Å²) in [4.78, 5) is 4.18. The summed E-state index contributed by atoms with van der Waals surface area (Å²) < 4.78 is 0. The van der Waals surface area contributed by atoms with Gasteiger partial charge in [0.25, 0.3) is 0 Å². The highest BCUT2D eigenvalue weighted by Gasteiger charge is 2.09. The number of nitrogens with zero attached hydrogens (tertiary/aromatic N) is 1. The van der Waals surface area contributed by atoms with Crippen molar-refractivity contribution in [1.29, 1.82) is 0 Å². The van der Waals surface area contributed by atoms with Crippen molar-refractivity contribution in [3.63, 3.8) is 0 Å². The van der Waals surface area contributed by atoms with Crippen LogP contribution < -0.4 is 5.73 Å². The maximum atomic E-state index is 6.04. The number of pyridine rings is 1. The Morgan fingerprint density at radius 2 is 2.08 bits per heavy atom. The van der Waals surface area contributed by atoms with Crippen LogP contribution in [0.1, 0.15) is 31.0 Å². The average molecular weight is 185 g/mol. The molecule has 0 fully saturated rings. The molecule has 0 unspecified atom stereocenters. The van der Waals surface area contributed by atoms with E-state index in [2.05, 4.69) is 4.98 Å². The molecule has 0 aliphatic heterocycles. The van der Waals surface area contributed by atoms with Gasteiger partial charge in [-0.25, -0.2) is 4.98 Å². The van der Waals surface area contributed by atoms with E-state index in [1.807, 2.05) is 20.8 Å². The second-order valence-electron chi connectivity index (χ2n) is 3.22. The fourth-order valence-electron chi connectivity index (χ4n) is 1.09. The molecule has 1 heterocycles. The van der Waals surface area contributed by atoms with Crippen LogP contribution in [0.2, 0.25) is 5.02 Å². The molecule has 66 valence electrons. The molecule has 12 heavy (non-hydrogen) atoms. The van der Waals surface area contributed by atoms with E-state index in [0.29, 0.717) is 11.7 Å². The van der Waals surface area contributed by atoms with Gasteiger partial charge < -0.3 is 5.73 Å². The predicted molar refractivity (Wildman–Crippen MR) is 52.5 cm³/mol. The molecule has 1 aromatic heterocycles. The Hall–Kier alpha value is -0.760. The van der Waals surface area contributed by atoms with Crippen molar-refractivity contribution in [2.45, 2.75) is 26.7 Å². The molecule has 0 radical (unpaired) electrons. The summed E-state index contributed by atoms with van der Waals surface area (Å²) in [6, 6.07) is 1.79. The molecule has 0 aromatic carbocycles. The number of nitrogen functional groups attached to an aromatic ring is 1. The van der Waals surface area contributed by atoms with E-state index < -0.39 is 0 Å². The molecule has 0 aliphatic carbocycles. The summed E-state index contributed by atoms with van der Waals surface area (Å²) in [6.45, 7) is 6.03. The molecule has 0 atom stereocenters. The molecule has 3 heteroatoms. The van der Waals surface area contributed by atoms with Gasteiger partial charge in [-0.05, 0) is 24.5 Å². The van der Waals surface area contributed by atoms with Gasteiger partial charge in [-0.2, -0.15) is 0 Å². The molecule has 1 aromatic rings. The Morgan fingerprint density at radius 3 is 2.58 bits per heavy atom. The molecule has 0 saturated heterocycles. The van der Waals surface area contributed by atoms with E-state index >= 15 is 0 Å². The lowest BCUT2D eigenvalue weighted by Gasteiger charge is -2.09. The number of nitrogens with two attached hydrogens (primary N) is 1. The fourth-order valence-corrected chi connectivity index (χ4v) is 1.41. The monoisotopic (exact) mass is 184 g/mol. The summed E-state index contributed by atoms with van der Waals surface area (Å²) in [5, 5.41) is 0.735. The molecule has 0 bridgehead atoms. The summed E-state index contributed by atoms with van der Waals surface area (Å²) >= 11 is 6.04. The van der Waals surface area contributed by atoms with Crippen molar-refractivity contribution >= 4 is 17.4 Å². The lowest BCUT2D eigenvalue weighted by molar-refractivity contribution is 0.823. The first kappa shape index (κ1) is 9.33. The third-order valence-electron chi connectivity index (χ3n) is 1.73. The van der Waals surface area contributed by atoms with E-state index in [-0.39, 0.29) is 0 Å². The molecular formula is C9H13ClN2. The van der Waals surface area contributed by atoms with E-state index in [0.717, 1.165) is 16.3 Å². The molecule has 0 spiro atoms. The summed E-state index contributed by atoms with van der Waals surface area (Å²) in [5.74, 6) is 0.861. The van der Waals surface area contributed by atoms with Crippen molar-refractivity contribution in [3.05, 3.63) is 22.3 Å². The molecule has 0 amide bonds. The smallest absolute Gasteiger partial charge is 0.123 e. The maximum absolute atomic E-state index is 6.04. The Kier molecular flexibility index (Phi) is 2.58. The highest BCUT2D eigenvalue weighted by Crippen LogP contribution is 2.26. The van der Waals surface area contributed by atoms with E-state index in [1.54, 1.807) is 6.07 Å². The van der Waals surface area contributed by atoms with E-state index in [4.69, 9.17) is 17.3 Å². The summed E-state index contributed by atoms with van der Waals surface area (Å²) in [5.41, 5.74) is 7.47. The number of aryl methyl sites for hydroxylation is 1. The average Bonchev–Trinajstić information content (AvgIpc) is 1.96. The Labute approximate surface area is 77.8 Å². The molecule has 0 aliphatic rings. The first-order valence-electron chi connectivity index (χ1n) is 3.95. The Morgan fingerprint density at radius 1 is 1.50 bits per heavy atom. The number of hydrogen-bond donors (Lipinski definition) is 1. The zero-order valence-corrected chi connectivity index (χ0v) is 8.31. The minimum Gasteiger partial charge on any atom is -0.384 e. The lowest BCUT2D eigenvalue weighted by Crippen LogP contribution is -2.00. The normalized spacial score (nSPS) is 10.8. The Balaban J connectivity index is 3.28. The van der Waals surface area contributed by atoms with Crippen LogP contribution in [0.5, 0.6) is 0 Å². The summed E-state index contributed by atoms with van der Waals surface area (Å²) in [7, 11) is 0. The third-order valence-corrected chi connectivity index (χ3v) is 2.22. The molecule has 2 nitrogen and oxygen atoms in total. The lowest BCUT2D eigenvalue weighted by atomic mass is 10.1. The van der Waals surface area contributed by atoms with Crippen LogP contribution in [0.15, 0.2) is 6.07 Å². The van der Waals surface area contributed by atoms with Gasteiger partial charge in [0.05, 0.1) is 10.7 Å². The number of aromatic nitrogens is 1. The van der Waals surface area contributed by atoms with Gasteiger partial charge in [-0.1, -0.05) is 25.4 Å². The topological polar surface area (TPSA) is 38.9 Å². The second kappa shape index (κ2) is 3.31. The van der Waals surface area contributed by atoms with Gasteiger partial charge in [0.2, 0.25) is 0 Å². The van der Waals surface area contributed by atoms with Crippen LogP contribution >= 0.6 is 11.6 Å². The van der Waals surface area contributed by atoms with Gasteiger partial charge in [0.15, 0.2) is 0 Å². The molecule has 0 saturated carbocycles. The van der Waals surface area contributed by atoms with Crippen molar-refractivity contribution in [2.24, 2.45) is 0 Å². The standard InChI is InChI=1S/C9H13ClN2/c1-5(2)9-8(10)6(3)4-7(11)12-9/h4-5H,1-3H3,(H2,11,12). The highest BCUT2D eigenvalue weighted by atomic mass is 35.5. The zero-order valence-electron chi connectivity index (χ0n) is 7.56. The number of rotatable bonds is 1. The quantitative estimate of drug-likeness (QED) is 0.729. The molecule has 2 N–H and O–H groups in total. The minimum absolute atomic E-state index is 0.319. The number of anilines is 1. The van der Waals surface area contributed by atoms with Crippen LogP contribution in [0, 0.1) is 6.92 Å². The van der Waals surface area contributed by atoms with Gasteiger partial charge in [0.1, 0.15) is 5.82 Å². The highest BCUT2D eigenvalue weighted by molar-refractivity contribution is 6.32. The number of hydrogen-bond acceptors (Lipinski definition) is 2. The van der Waals surface area contributed by atoms with Gasteiger partial charge in [0, 0.05) is 0 Å². The van der Waals surface area contributed by atoms with Gasteiger partial charge >= 0.3 is 0 Å². The molecule has 1 rings (SSSR count). The van der Waals surface area contributed by atoms with Crippen LogP contribution in [0.3, 0.4) is 0 Å². The minimum atomic E-state index is 0.319. The van der Waals surface area contributed by atoms with Crippen molar-refractivity contribution in [2.75, 3.05) is 5.73 Å². The van der Waals surface area contributed by atoms with E-state index in [1.165, 1.54) is 0 Å². The predicted octanol–water partition coefficient (Wildman–Crippen LogP) is 2.75. The van der Waals surface area contributed by atoms with E-state index in [9.17, 15) is 0 Å². The van der Waals surface area contributed by atoms with Crippen LogP contribution in [-0.4, -0.2) is 4.98 Å². The van der Waals surface area contributed by atoms with Crippen LogP contribution in [-0.2, 0) is 0 Å². The van der Waals surface area contributed by atoms with Crippen molar-refractivity contribution < 1.29 is 0 Å². The largest absolute Gasteiger partial charge is 0.384 e. The van der Waals surface area contributed by atoms with Crippen molar-refractivity contribution in [1.82, 2.24) is 4.98 Å². The Bertz CT molecular complexity index is 295. The van der Waals surface area contributed by atoms with Crippen LogP contribution in [0.4, 0.5) is 5.82 Å². The van der Waals surface area contributed by atoms with Gasteiger partial charge in [-0.3, -0.25) is 0 Å². The SMILES string of the molecule is Cc1cc(N)nc(C(C)C)c1Cl. The first-order valence-corrected chi connectivity index (χ1v) is 4.32. The summed E-state index contributed by atoms with van der Waals surface area (Å²) in [6.07, 6.45) is 0. The van der Waals surface area contributed by atoms with Crippen LogP contribution in [0.25, 0.3) is 0 Å². The second-order valence-corrected chi connectivity index (χ2v) is 3.60. The third kappa shape index (κ3) is 1.69. The first-order chi connectivity index (χ1) is 5.52. The maximum Gasteiger partial charge on any atom is 0.123 e. The number of halogens is 1. The van der Waals surface area contributed by atoms with Crippen molar-refractivity contribution in [3.8, 4) is 0 Å². The molecular weight excluding hydrogens is 172 g/mol. The van der Waals surface area contributed by atoms with Gasteiger partial charge in [-0.15, -0.1) is 0 Å². The fraction of sp³-hybridized carbons (Fsp3) is 0.444.